The van der Waals surface area contributed by atoms with Crippen molar-refractivity contribution in [1.82, 2.24) is 15.0 Å². The minimum absolute atomic E-state index is 0.00823. The van der Waals surface area contributed by atoms with Crippen molar-refractivity contribution in [3.8, 4) is 5.88 Å². The summed E-state index contributed by atoms with van der Waals surface area (Å²) in [5, 5.41) is 3.79. The third kappa shape index (κ3) is 2.89. The molecule has 7 nitrogen and oxygen atoms in total. The van der Waals surface area contributed by atoms with Gasteiger partial charge in [0.05, 0.1) is 11.6 Å². The number of aromatic nitrogens is 2. The summed E-state index contributed by atoms with van der Waals surface area (Å²) in [5.74, 6) is 0.501. The summed E-state index contributed by atoms with van der Waals surface area (Å²) >= 11 is 0. The number of carbonyl (C=O) groups is 1. The molecular formula is C18H21N3O4. The fraction of sp³-hybridized carbons (Fsp3) is 0.500. The number of nitrogens with zero attached hydrogens (tertiary/aromatic N) is 3. The number of likely N-dealkylation sites (tertiary alicyclic amines) is 1. The number of pyridine rings is 1. The van der Waals surface area contributed by atoms with E-state index in [-0.39, 0.29) is 23.7 Å². The Morgan fingerprint density at radius 3 is 3.00 bits per heavy atom. The molecule has 1 saturated carbocycles. The number of amides is 1. The van der Waals surface area contributed by atoms with Crippen molar-refractivity contribution in [3.05, 3.63) is 42.4 Å². The van der Waals surface area contributed by atoms with Gasteiger partial charge in [-0.1, -0.05) is 11.2 Å². The maximum absolute atomic E-state index is 12.8. The average Bonchev–Trinajstić information content (AvgIpc) is 3.30. The Bertz CT molecular complexity index is 721. The van der Waals surface area contributed by atoms with Crippen LogP contribution in [0.1, 0.15) is 36.2 Å². The van der Waals surface area contributed by atoms with Gasteiger partial charge in [-0.05, 0) is 25.3 Å². The van der Waals surface area contributed by atoms with Crippen LogP contribution in [0.2, 0.25) is 0 Å². The van der Waals surface area contributed by atoms with Crippen LogP contribution in [-0.4, -0.2) is 52.3 Å². The average molecular weight is 343 g/mol. The number of methoxy groups -OCH3 is 1. The smallest absolute Gasteiger partial charge is 0.276 e. The van der Waals surface area contributed by atoms with Crippen LogP contribution in [0.4, 0.5) is 0 Å². The molecule has 1 aliphatic carbocycles. The largest absolute Gasteiger partial charge is 0.474 e. The molecular weight excluding hydrogens is 322 g/mol. The van der Waals surface area contributed by atoms with Crippen molar-refractivity contribution in [2.24, 2.45) is 0 Å². The van der Waals surface area contributed by atoms with E-state index in [1.165, 1.54) is 6.26 Å². The van der Waals surface area contributed by atoms with E-state index < -0.39 is 0 Å². The van der Waals surface area contributed by atoms with Crippen molar-refractivity contribution < 1.29 is 18.8 Å². The van der Waals surface area contributed by atoms with Crippen molar-refractivity contribution in [1.29, 1.82) is 0 Å². The first-order chi connectivity index (χ1) is 12.2. The van der Waals surface area contributed by atoms with Crippen molar-refractivity contribution in [2.45, 2.75) is 43.4 Å². The zero-order valence-electron chi connectivity index (χ0n) is 14.1. The van der Waals surface area contributed by atoms with Gasteiger partial charge in [0, 0.05) is 38.4 Å². The zero-order valence-corrected chi connectivity index (χ0v) is 14.1. The van der Waals surface area contributed by atoms with Crippen LogP contribution >= 0.6 is 0 Å². The minimum Gasteiger partial charge on any atom is -0.474 e. The molecule has 25 heavy (non-hydrogen) atoms. The number of ether oxygens (including phenoxy) is 2. The summed E-state index contributed by atoms with van der Waals surface area (Å²) in [6, 6.07) is 7.18. The number of carbonyl (C=O) groups excluding carboxylic acids is 1. The second-order valence-electron chi connectivity index (χ2n) is 6.60. The summed E-state index contributed by atoms with van der Waals surface area (Å²) in [6.07, 6.45) is 6.42. The van der Waals surface area contributed by atoms with Crippen LogP contribution in [0.5, 0.6) is 5.88 Å². The lowest BCUT2D eigenvalue weighted by molar-refractivity contribution is -0.0789. The Labute approximate surface area is 145 Å². The van der Waals surface area contributed by atoms with Crippen molar-refractivity contribution in [2.75, 3.05) is 13.7 Å². The molecule has 2 fully saturated rings. The van der Waals surface area contributed by atoms with Gasteiger partial charge >= 0.3 is 0 Å². The Kier molecular flexibility index (Phi) is 4.17. The lowest BCUT2D eigenvalue weighted by Gasteiger charge is -2.43. The van der Waals surface area contributed by atoms with Gasteiger partial charge in [-0.3, -0.25) is 4.79 Å². The maximum Gasteiger partial charge on any atom is 0.276 e. The zero-order chi connectivity index (χ0) is 17.3. The minimum atomic E-state index is -0.302. The third-order valence-electron chi connectivity index (χ3n) is 5.38. The summed E-state index contributed by atoms with van der Waals surface area (Å²) in [7, 11) is 1.73. The predicted molar refractivity (Wildman–Crippen MR) is 88.2 cm³/mol. The lowest BCUT2D eigenvalue weighted by Crippen LogP contribution is -2.53. The van der Waals surface area contributed by atoms with Gasteiger partial charge in [-0.15, -0.1) is 0 Å². The van der Waals surface area contributed by atoms with Crippen molar-refractivity contribution in [3.63, 3.8) is 0 Å². The molecule has 1 saturated heterocycles. The molecule has 0 spiro atoms. The molecule has 7 heteroatoms. The molecule has 3 heterocycles. The van der Waals surface area contributed by atoms with Gasteiger partial charge < -0.3 is 18.9 Å². The first-order valence-electron chi connectivity index (χ1n) is 8.56. The van der Waals surface area contributed by atoms with E-state index in [0.29, 0.717) is 24.5 Å². The van der Waals surface area contributed by atoms with Gasteiger partial charge in [0.25, 0.3) is 5.91 Å². The monoisotopic (exact) mass is 343 g/mol. The topological polar surface area (TPSA) is 77.7 Å². The van der Waals surface area contributed by atoms with E-state index in [1.54, 1.807) is 19.4 Å². The highest BCUT2D eigenvalue weighted by Crippen LogP contribution is 2.43. The molecule has 0 unspecified atom stereocenters. The molecule has 1 amide bonds. The van der Waals surface area contributed by atoms with Crippen LogP contribution in [0.3, 0.4) is 0 Å². The highest BCUT2D eigenvalue weighted by Gasteiger charge is 2.53. The quantitative estimate of drug-likeness (QED) is 0.848. The fourth-order valence-corrected chi connectivity index (χ4v) is 4.07. The molecule has 3 atom stereocenters. The second kappa shape index (κ2) is 6.48. The molecule has 2 aromatic rings. The first kappa shape index (κ1) is 16.1. The van der Waals surface area contributed by atoms with E-state index in [9.17, 15) is 4.79 Å². The van der Waals surface area contributed by atoms with E-state index in [2.05, 4.69) is 10.1 Å². The van der Waals surface area contributed by atoms with Gasteiger partial charge in [0.1, 0.15) is 12.4 Å². The standard InChI is InChI=1S/C18H21N3O4/c1-23-18-7-5-13(25-16-4-2-3-9-19-16)12-15(18)21(10-8-18)17(22)14-6-11-24-20-14/h2-4,6,9,11,13,15H,5,7-8,10,12H2,1H3/t13-,15-,18+/m1/s1. The Hall–Kier alpha value is -2.41. The van der Waals surface area contributed by atoms with E-state index in [1.807, 2.05) is 23.1 Å². The third-order valence-corrected chi connectivity index (χ3v) is 5.38. The van der Waals surface area contributed by atoms with Crippen LogP contribution in [0, 0.1) is 0 Å². The molecule has 0 bridgehead atoms. The van der Waals surface area contributed by atoms with Crippen LogP contribution in [-0.2, 0) is 4.74 Å². The van der Waals surface area contributed by atoms with E-state index in [0.717, 1.165) is 19.3 Å². The molecule has 0 aromatic carbocycles. The second-order valence-corrected chi connectivity index (χ2v) is 6.60. The van der Waals surface area contributed by atoms with Crippen molar-refractivity contribution >= 4 is 5.91 Å². The predicted octanol–water partition coefficient (Wildman–Crippen LogP) is 2.30. The Morgan fingerprint density at radius 1 is 1.36 bits per heavy atom. The fourth-order valence-electron chi connectivity index (χ4n) is 4.07. The molecule has 4 rings (SSSR count). The molecule has 132 valence electrons. The SMILES string of the molecule is CO[C@]12CC[C@@H](Oc3ccccn3)C[C@H]1N(C(=O)c1ccon1)CC2. The Balaban J connectivity index is 1.53. The van der Waals surface area contributed by atoms with Crippen LogP contribution < -0.4 is 4.74 Å². The van der Waals surface area contributed by atoms with Gasteiger partial charge in [-0.2, -0.15) is 0 Å². The highest BCUT2D eigenvalue weighted by atomic mass is 16.5. The van der Waals surface area contributed by atoms with E-state index >= 15 is 0 Å². The number of hydrogen-bond donors (Lipinski definition) is 0. The normalized spacial score (nSPS) is 28.6. The summed E-state index contributed by atoms with van der Waals surface area (Å²) < 4.78 is 16.7. The number of hydrogen-bond acceptors (Lipinski definition) is 6. The summed E-state index contributed by atoms with van der Waals surface area (Å²) in [6.45, 7) is 0.653. The summed E-state index contributed by atoms with van der Waals surface area (Å²) in [5.41, 5.74) is 0.0308. The van der Waals surface area contributed by atoms with Gasteiger partial charge in [0.2, 0.25) is 5.88 Å². The van der Waals surface area contributed by atoms with Crippen LogP contribution in [0.25, 0.3) is 0 Å². The summed E-state index contributed by atoms with van der Waals surface area (Å²) in [4.78, 5) is 18.9. The molecule has 0 N–H and O–H groups in total. The number of fused-ring (bicyclic) bond motifs is 1. The van der Waals surface area contributed by atoms with Gasteiger partial charge in [-0.25, -0.2) is 4.98 Å². The van der Waals surface area contributed by atoms with E-state index in [4.69, 9.17) is 14.0 Å². The molecule has 0 radical (unpaired) electrons. The first-order valence-corrected chi connectivity index (χ1v) is 8.56. The molecule has 1 aliphatic heterocycles. The lowest BCUT2D eigenvalue weighted by atomic mass is 9.79. The highest BCUT2D eigenvalue weighted by molar-refractivity contribution is 5.92. The van der Waals surface area contributed by atoms with Gasteiger partial charge in [0.15, 0.2) is 5.69 Å². The number of rotatable bonds is 4. The molecule has 2 aromatic heterocycles. The molecule has 2 aliphatic rings. The van der Waals surface area contributed by atoms with Crippen LogP contribution in [0.15, 0.2) is 41.2 Å². The Morgan fingerprint density at radius 2 is 2.28 bits per heavy atom. The maximum atomic E-state index is 12.8.